The summed E-state index contributed by atoms with van der Waals surface area (Å²) in [7, 11) is 1.27. The lowest BCUT2D eigenvalue weighted by Gasteiger charge is -2.08. The molecular formula is C19H16FN5O4. The number of nitrogens with two attached hydrogens (primary N) is 1. The molecule has 0 unspecified atom stereocenters. The van der Waals surface area contributed by atoms with Crippen LogP contribution in [0, 0.1) is 5.82 Å². The highest BCUT2D eigenvalue weighted by Gasteiger charge is 2.12. The molecule has 0 spiro atoms. The van der Waals surface area contributed by atoms with Crippen LogP contribution in [-0.2, 0) is 16.1 Å². The maximum absolute atomic E-state index is 13.0. The number of halogens is 1. The summed E-state index contributed by atoms with van der Waals surface area (Å²) in [5.41, 5.74) is 6.76. The average Bonchev–Trinajstić information content (AvgIpc) is 2.73. The monoisotopic (exact) mass is 397 g/mol. The molecule has 3 rings (SSSR count). The van der Waals surface area contributed by atoms with Crippen LogP contribution >= 0.6 is 0 Å². The number of aromatic nitrogens is 3. The molecule has 0 bridgehead atoms. The van der Waals surface area contributed by atoms with Crippen molar-refractivity contribution in [3.8, 4) is 0 Å². The van der Waals surface area contributed by atoms with Crippen molar-refractivity contribution in [1.82, 2.24) is 15.0 Å². The molecule has 0 aliphatic rings. The van der Waals surface area contributed by atoms with Gasteiger partial charge in [0.15, 0.2) is 12.4 Å². The standard InChI is InChI=1S/C19H16FN5O4/c1-28-16(26)11-2-4-12(5-3-11)17(27)29-10-15-23-18(21)25-19(24-15)22-14-8-6-13(20)7-9-14/h2-9H,10H2,1H3,(H3,21,22,23,24,25). The largest absolute Gasteiger partial charge is 0.465 e. The average molecular weight is 397 g/mol. The van der Waals surface area contributed by atoms with Gasteiger partial charge in [0.25, 0.3) is 0 Å². The summed E-state index contributed by atoms with van der Waals surface area (Å²) in [5.74, 6) is -1.34. The quantitative estimate of drug-likeness (QED) is 0.603. The van der Waals surface area contributed by atoms with Crippen molar-refractivity contribution in [3.05, 3.63) is 71.3 Å². The lowest BCUT2D eigenvalue weighted by molar-refractivity contribution is 0.0461. The highest BCUT2D eigenvalue weighted by molar-refractivity contribution is 5.93. The van der Waals surface area contributed by atoms with Gasteiger partial charge in [-0.1, -0.05) is 0 Å². The molecule has 0 aliphatic carbocycles. The number of anilines is 3. The van der Waals surface area contributed by atoms with Gasteiger partial charge in [0.2, 0.25) is 11.9 Å². The number of carbonyl (C=O) groups is 2. The van der Waals surface area contributed by atoms with Gasteiger partial charge in [-0.05, 0) is 48.5 Å². The van der Waals surface area contributed by atoms with E-state index in [1.54, 1.807) is 0 Å². The molecule has 3 N–H and O–H groups in total. The summed E-state index contributed by atoms with van der Waals surface area (Å²) in [6, 6.07) is 11.4. The number of nitrogens with one attached hydrogen (secondary N) is 1. The highest BCUT2D eigenvalue weighted by atomic mass is 19.1. The van der Waals surface area contributed by atoms with E-state index in [1.807, 2.05) is 0 Å². The third-order valence-corrected chi connectivity index (χ3v) is 3.67. The van der Waals surface area contributed by atoms with E-state index in [9.17, 15) is 14.0 Å². The molecule has 3 aromatic rings. The van der Waals surface area contributed by atoms with Gasteiger partial charge in [0, 0.05) is 5.69 Å². The number of nitrogens with zero attached hydrogens (tertiary/aromatic N) is 3. The van der Waals surface area contributed by atoms with E-state index in [-0.39, 0.29) is 35.7 Å². The Balaban J connectivity index is 1.65. The van der Waals surface area contributed by atoms with Gasteiger partial charge in [0.1, 0.15) is 5.82 Å². The minimum Gasteiger partial charge on any atom is -0.465 e. The molecule has 0 saturated carbocycles. The minimum atomic E-state index is -0.631. The summed E-state index contributed by atoms with van der Waals surface area (Å²) in [6.45, 7) is -0.248. The van der Waals surface area contributed by atoms with Gasteiger partial charge >= 0.3 is 11.9 Å². The number of carbonyl (C=O) groups excluding carboxylic acids is 2. The molecule has 0 radical (unpaired) electrons. The second-order valence-electron chi connectivity index (χ2n) is 5.71. The highest BCUT2D eigenvalue weighted by Crippen LogP contribution is 2.15. The lowest BCUT2D eigenvalue weighted by Crippen LogP contribution is -2.11. The third kappa shape index (κ3) is 5.22. The summed E-state index contributed by atoms with van der Waals surface area (Å²) in [4.78, 5) is 35.6. The molecule has 0 fully saturated rings. The minimum absolute atomic E-state index is 0.0712. The Hall–Kier alpha value is -4.08. The van der Waals surface area contributed by atoms with Gasteiger partial charge in [0.05, 0.1) is 18.2 Å². The van der Waals surface area contributed by atoms with Crippen LogP contribution in [0.1, 0.15) is 26.5 Å². The molecule has 0 atom stereocenters. The number of benzene rings is 2. The van der Waals surface area contributed by atoms with Crippen LogP contribution in [0.15, 0.2) is 48.5 Å². The smallest absolute Gasteiger partial charge is 0.338 e. The maximum Gasteiger partial charge on any atom is 0.338 e. The number of hydrogen-bond acceptors (Lipinski definition) is 9. The van der Waals surface area contributed by atoms with E-state index in [0.717, 1.165) is 0 Å². The van der Waals surface area contributed by atoms with Crippen molar-refractivity contribution in [1.29, 1.82) is 0 Å². The Morgan fingerprint density at radius 3 is 2.21 bits per heavy atom. The Labute approximate surface area is 164 Å². The van der Waals surface area contributed by atoms with Gasteiger partial charge in [-0.3, -0.25) is 0 Å². The third-order valence-electron chi connectivity index (χ3n) is 3.67. The second kappa shape index (κ2) is 8.74. The zero-order chi connectivity index (χ0) is 20.8. The van der Waals surface area contributed by atoms with Crippen LogP contribution in [0.4, 0.5) is 22.0 Å². The number of ether oxygens (including phenoxy) is 2. The van der Waals surface area contributed by atoms with Gasteiger partial charge in [-0.15, -0.1) is 0 Å². The first kappa shape index (κ1) is 19.7. The predicted molar refractivity (Wildman–Crippen MR) is 101 cm³/mol. The topological polar surface area (TPSA) is 129 Å². The fourth-order valence-corrected chi connectivity index (χ4v) is 2.29. The Bertz CT molecular complexity index is 1030. The summed E-state index contributed by atoms with van der Waals surface area (Å²) < 4.78 is 22.8. The fraction of sp³-hybridized carbons (Fsp3) is 0.105. The SMILES string of the molecule is COC(=O)c1ccc(C(=O)OCc2nc(N)nc(Nc3ccc(F)cc3)n2)cc1. The molecule has 1 heterocycles. The first-order valence-electron chi connectivity index (χ1n) is 8.33. The van der Waals surface area contributed by atoms with E-state index in [2.05, 4.69) is 25.0 Å². The normalized spacial score (nSPS) is 10.3. The second-order valence-corrected chi connectivity index (χ2v) is 5.71. The van der Waals surface area contributed by atoms with Crippen LogP contribution in [-0.4, -0.2) is 34.0 Å². The van der Waals surface area contributed by atoms with E-state index in [4.69, 9.17) is 10.5 Å². The fourth-order valence-electron chi connectivity index (χ4n) is 2.29. The van der Waals surface area contributed by atoms with Crippen molar-refractivity contribution < 1.29 is 23.5 Å². The molecule has 10 heteroatoms. The molecule has 29 heavy (non-hydrogen) atoms. The zero-order valence-electron chi connectivity index (χ0n) is 15.3. The number of nitrogen functional groups attached to an aromatic ring is 1. The van der Waals surface area contributed by atoms with Crippen LogP contribution in [0.2, 0.25) is 0 Å². The molecule has 0 saturated heterocycles. The first-order chi connectivity index (χ1) is 13.9. The van der Waals surface area contributed by atoms with Crippen molar-refractivity contribution in [3.63, 3.8) is 0 Å². The molecule has 1 aromatic heterocycles. The number of methoxy groups -OCH3 is 1. The van der Waals surface area contributed by atoms with E-state index in [0.29, 0.717) is 11.3 Å². The lowest BCUT2D eigenvalue weighted by atomic mass is 10.1. The van der Waals surface area contributed by atoms with Crippen molar-refractivity contribution in [2.75, 3.05) is 18.2 Å². The Morgan fingerprint density at radius 2 is 1.59 bits per heavy atom. The van der Waals surface area contributed by atoms with Crippen LogP contribution in [0.3, 0.4) is 0 Å². The van der Waals surface area contributed by atoms with Gasteiger partial charge in [-0.25, -0.2) is 14.0 Å². The zero-order valence-corrected chi connectivity index (χ0v) is 15.3. The summed E-state index contributed by atoms with van der Waals surface area (Å²) in [6.07, 6.45) is 0. The van der Waals surface area contributed by atoms with Gasteiger partial charge in [-0.2, -0.15) is 15.0 Å². The molecule has 148 valence electrons. The molecule has 0 aliphatic heterocycles. The first-order valence-corrected chi connectivity index (χ1v) is 8.33. The molecular weight excluding hydrogens is 381 g/mol. The van der Waals surface area contributed by atoms with E-state index < -0.39 is 11.9 Å². The predicted octanol–water partition coefficient (Wildman–Crippen LogP) is 2.48. The molecule has 0 amide bonds. The van der Waals surface area contributed by atoms with Gasteiger partial charge < -0.3 is 20.5 Å². The van der Waals surface area contributed by atoms with Crippen molar-refractivity contribution in [2.24, 2.45) is 0 Å². The molecule has 2 aromatic carbocycles. The van der Waals surface area contributed by atoms with E-state index in [1.165, 1.54) is 55.6 Å². The summed E-state index contributed by atoms with van der Waals surface area (Å²) >= 11 is 0. The Morgan fingerprint density at radius 1 is 0.966 bits per heavy atom. The van der Waals surface area contributed by atoms with Crippen LogP contribution in [0.5, 0.6) is 0 Å². The number of esters is 2. The van der Waals surface area contributed by atoms with Crippen molar-refractivity contribution in [2.45, 2.75) is 6.61 Å². The van der Waals surface area contributed by atoms with Crippen LogP contribution in [0.25, 0.3) is 0 Å². The number of rotatable bonds is 6. The summed E-state index contributed by atoms with van der Waals surface area (Å²) in [5, 5.41) is 2.86. The maximum atomic E-state index is 13.0. The van der Waals surface area contributed by atoms with Crippen molar-refractivity contribution >= 4 is 29.5 Å². The van der Waals surface area contributed by atoms with Crippen LogP contribution < -0.4 is 11.1 Å². The Kier molecular flexibility index (Phi) is 5.93. The molecule has 9 nitrogen and oxygen atoms in total. The number of hydrogen-bond donors (Lipinski definition) is 2. The van der Waals surface area contributed by atoms with E-state index >= 15 is 0 Å².